The highest BCUT2D eigenvalue weighted by Crippen LogP contribution is 2.30. The van der Waals surface area contributed by atoms with Gasteiger partial charge in [0, 0.05) is 32.4 Å². The Kier molecular flexibility index (Phi) is 6.35. The minimum absolute atomic E-state index is 0.0397. The Labute approximate surface area is 184 Å². The summed E-state index contributed by atoms with van der Waals surface area (Å²) in [5, 5.41) is 16.7. The van der Waals surface area contributed by atoms with E-state index in [0.29, 0.717) is 24.9 Å². The van der Waals surface area contributed by atoms with Gasteiger partial charge >= 0.3 is 6.09 Å². The fourth-order valence-electron chi connectivity index (χ4n) is 3.75. The van der Waals surface area contributed by atoms with Gasteiger partial charge < -0.3 is 24.8 Å². The van der Waals surface area contributed by atoms with Crippen molar-refractivity contribution in [3.63, 3.8) is 0 Å². The van der Waals surface area contributed by atoms with Gasteiger partial charge in [-0.2, -0.15) is 14.5 Å². The first-order valence-electron chi connectivity index (χ1n) is 10.4. The maximum Gasteiger partial charge on any atom is 0.407 e. The molecular formula is C21H25FN6O4. The lowest BCUT2D eigenvalue weighted by Gasteiger charge is -2.31. The topological polar surface area (TPSA) is 114 Å². The number of rotatable bonds is 7. The van der Waals surface area contributed by atoms with Gasteiger partial charge in [0.15, 0.2) is 11.6 Å². The molecular weight excluding hydrogens is 419 g/mol. The normalized spacial score (nSPS) is 17.3. The Bertz CT molecular complexity index is 1110. The molecule has 1 aliphatic heterocycles. The molecule has 3 aromatic rings. The van der Waals surface area contributed by atoms with E-state index in [1.807, 2.05) is 18.2 Å². The van der Waals surface area contributed by atoms with Crippen LogP contribution in [0, 0.1) is 5.82 Å². The first kappa shape index (κ1) is 21.8. The molecule has 1 aliphatic rings. The summed E-state index contributed by atoms with van der Waals surface area (Å²) in [6.07, 6.45) is 3.33. The summed E-state index contributed by atoms with van der Waals surface area (Å²) in [4.78, 5) is 21.4. The number of amides is 1. The Morgan fingerprint density at radius 1 is 1.41 bits per heavy atom. The van der Waals surface area contributed by atoms with E-state index < -0.39 is 18.0 Å². The molecule has 0 spiro atoms. The maximum atomic E-state index is 15.3. The van der Waals surface area contributed by atoms with E-state index in [2.05, 4.69) is 20.4 Å². The van der Waals surface area contributed by atoms with E-state index in [1.54, 1.807) is 23.8 Å². The van der Waals surface area contributed by atoms with Gasteiger partial charge in [-0.15, -0.1) is 0 Å². The van der Waals surface area contributed by atoms with Crippen LogP contribution in [0.1, 0.15) is 19.8 Å². The number of anilines is 1. The van der Waals surface area contributed by atoms with Crippen LogP contribution in [0.3, 0.4) is 0 Å². The van der Waals surface area contributed by atoms with Crippen LogP contribution < -0.4 is 10.1 Å². The highest BCUT2D eigenvalue weighted by atomic mass is 19.1. The first-order valence-corrected chi connectivity index (χ1v) is 10.4. The summed E-state index contributed by atoms with van der Waals surface area (Å²) in [7, 11) is 1.53. The number of piperidine rings is 1. The molecule has 0 aliphatic carbocycles. The van der Waals surface area contributed by atoms with Crippen LogP contribution >= 0.6 is 0 Å². The zero-order valence-electron chi connectivity index (χ0n) is 17.9. The lowest BCUT2D eigenvalue weighted by atomic mass is 10.1. The molecule has 11 heteroatoms. The predicted molar refractivity (Wildman–Crippen MR) is 114 cm³/mol. The Hall–Kier alpha value is -3.47. The highest BCUT2D eigenvalue weighted by Gasteiger charge is 2.26. The number of fused-ring (bicyclic) bond motifs is 1. The molecule has 1 amide bonds. The number of nitrogens with zero attached hydrogens (tertiary/aromatic N) is 5. The zero-order valence-corrected chi connectivity index (χ0v) is 17.9. The van der Waals surface area contributed by atoms with Crippen molar-refractivity contribution < 1.29 is 23.8 Å². The molecule has 2 atom stereocenters. The van der Waals surface area contributed by atoms with Crippen LogP contribution in [-0.4, -0.2) is 74.6 Å². The van der Waals surface area contributed by atoms with Crippen molar-refractivity contribution in [2.75, 3.05) is 32.1 Å². The lowest BCUT2D eigenvalue weighted by Crippen LogP contribution is -2.44. The summed E-state index contributed by atoms with van der Waals surface area (Å²) in [6, 6.07) is 5.29. The molecule has 1 unspecified atom stereocenters. The van der Waals surface area contributed by atoms with E-state index in [0.717, 1.165) is 5.52 Å². The molecule has 2 N–H and O–H groups in total. The maximum absolute atomic E-state index is 15.3. The van der Waals surface area contributed by atoms with Crippen molar-refractivity contribution in [2.45, 2.75) is 31.9 Å². The Morgan fingerprint density at radius 2 is 2.25 bits per heavy atom. The third-order valence-electron chi connectivity index (χ3n) is 5.24. The van der Waals surface area contributed by atoms with E-state index in [4.69, 9.17) is 9.47 Å². The van der Waals surface area contributed by atoms with Crippen LogP contribution in [0.2, 0.25) is 0 Å². The standard InChI is InChI=1S/C21H25FN6O4/c1-13(12-31-2)32-20-17(22)19(24-14-6-5-8-27(11-14)21(29)30)25-18(26-20)15-10-23-28-9-4-3-7-16(15)28/h3-4,7,9-10,13-14H,5-6,8,11-12H2,1-2H3,(H,29,30)(H,24,25,26)/t13?,14-/m1/s1. The summed E-state index contributed by atoms with van der Waals surface area (Å²) < 4.78 is 27.8. The Balaban J connectivity index is 1.71. The van der Waals surface area contributed by atoms with E-state index >= 15 is 4.39 Å². The van der Waals surface area contributed by atoms with Gasteiger partial charge in [0.2, 0.25) is 5.82 Å². The highest BCUT2D eigenvalue weighted by molar-refractivity contribution is 5.76. The summed E-state index contributed by atoms with van der Waals surface area (Å²) in [5.74, 6) is -0.730. The molecule has 1 fully saturated rings. The van der Waals surface area contributed by atoms with E-state index in [-0.39, 0.29) is 36.7 Å². The number of hydrogen-bond donors (Lipinski definition) is 2. The fourth-order valence-corrected chi connectivity index (χ4v) is 3.75. The van der Waals surface area contributed by atoms with Crippen molar-refractivity contribution in [3.8, 4) is 17.3 Å². The summed E-state index contributed by atoms with van der Waals surface area (Å²) >= 11 is 0. The van der Waals surface area contributed by atoms with E-state index in [1.165, 1.54) is 12.0 Å². The monoisotopic (exact) mass is 444 g/mol. The number of carboxylic acid groups (broad SMARTS) is 1. The van der Waals surface area contributed by atoms with Crippen molar-refractivity contribution in [1.29, 1.82) is 0 Å². The number of methoxy groups -OCH3 is 1. The molecule has 10 nitrogen and oxygen atoms in total. The van der Waals surface area contributed by atoms with Crippen LogP contribution in [0.4, 0.5) is 15.0 Å². The van der Waals surface area contributed by atoms with Crippen molar-refractivity contribution in [3.05, 3.63) is 36.4 Å². The van der Waals surface area contributed by atoms with Gasteiger partial charge in [0.05, 0.1) is 23.9 Å². The SMILES string of the molecule is COCC(C)Oc1nc(-c2cnn3ccccc23)nc(N[C@@H]2CCCN(C(=O)O)C2)c1F. The van der Waals surface area contributed by atoms with Gasteiger partial charge in [0.25, 0.3) is 5.88 Å². The van der Waals surface area contributed by atoms with Crippen molar-refractivity contribution >= 4 is 17.4 Å². The number of ether oxygens (including phenoxy) is 2. The second-order valence-corrected chi connectivity index (χ2v) is 7.70. The second kappa shape index (κ2) is 9.35. The van der Waals surface area contributed by atoms with E-state index in [9.17, 15) is 9.90 Å². The third-order valence-corrected chi connectivity index (χ3v) is 5.24. The minimum atomic E-state index is -0.996. The molecule has 4 heterocycles. The van der Waals surface area contributed by atoms with Gasteiger partial charge in [0.1, 0.15) is 6.10 Å². The molecule has 0 bridgehead atoms. The molecule has 0 radical (unpaired) electrons. The third kappa shape index (κ3) is 4.57. The number of nitrogens with one attached hydrogen (secondary N) is 1. The number of likely N-dealkylation sites (tertiary alicyclic amines) is 1. The number of aromatic nitrogens is 4. The van der Waals surface area contributed by atoms with Gasteiger partial charge in [-0.05, 0) is 31.9 Å². The molecule has 170 valence electrons. The fraction of sp³-hybridized carbons (Fsp3) is 0.429. The van der Waals surface area contributed by atoms with Crippen molar-refractivity contribution in [2.24, 2.45) is 0 Å². The smallest absolute Gasteiger partial charge is 0.407 e. The summed E-state index contributed by atoms with van der Waals surface area (Å²) in [6.45, 7) is 2.70. The molecule has 4 rings (SSSR count). The Morgan fingerprint density at radius 3 is 3.03 bits per heavy atom. The number of pyridine rings is 1. The van der Waals surface area contributed by atoms with Crippen molar-refractivity contribution in [1.82, 2.24) is 24.5 Å². The first-order chi connectivity index (χ1) is 15.5. The van der Waals surface area contributed by atoms with Crippen LogP contribution in [0.25, 0.3) is 16.9 Å². The van der Waals surface area contributed by atoms with Crippen LogP contribution in [0.5, 0.6) is 5.88 Å². The lowest BCUT2D eigenvalue weighted by molar-refractivity contribution is 0.0859. The second-order valence-electron chi connectivity index (χ2n) is 7.70. The van der Waals surface area contributed by atoms with Crippen LogP contribution in [0.15, 0.2) is 30.6 Å². The quantitative estimate of drug-likeness (QED) is 0.572. The predicted octanol–water partition coefficient (Wildman–Crippen LogP) is 2.90. The molecule has 1 saturated heterocycles. The minimum Gasteiger partial charge on any atom is -0.470 e. The average molecular weight is 444 g/mol. The average Bonchev–Trinajstić information content (AvgIpc) is 3.21. The number of carbonyl (C=O) groups is 1. The number of halogens is 1. The zero-order chi connectivity index (χ0) is 22.7. The summed E-state index contributed by atoms with van der Waals surface area (Å²) in [5.41, 5.74) is 1.38. The molecule has 32 heavy (non-hydrogen) atoms. The molecule has 3 aromatic heterocycles. The molecule has 0 saturated carbocycles. The van der Waals surface area contributed by atoms with Crippen LogP contribution in [-0.2, 0) is 4.74 Å². The van der Waals surface area contributed by atoms with Gasteiger partial charge in [-0.25, -0.2) is 14.3 Å². The largest absolute Gasteiger partial charge is 0.470 e. The number of hydrogen-bond acceptors (Lipinski definition) is 7. The van der Waals surface area contributed by atoms with Gasteiger partial charge in [-0.3, -0.25) is 0 Å². The van der Waals surface area contributed by atoms with Gasteiger partial charge in [-0.1, -0.05) is 6.07 Å². The molecule has 0 aromatic carbocycles.